The standard InChI is InChI=1S/C22H25N3O2/c1-2-17-4-3-5-20(14-17)24-22(27)23-15-18-6-8-21(9-7-18)25-12-10-19(16-26)11-13-25/h1,3-9,14,19,26H,10-13,15-16H2,(H2,23,24,27). The molecule has 27 heavy (non-hydrogen) atoms. The first-order chi connectivity index (χ1) is 13.2. The molecule has 5 heteroatoms. The summed E-state index contributed by atoms with van der Waals surface area (Å²) in [4.78, 5) is 14.4. The normalized spacial score (nSPS) is 14.4. The van der Waals surface area contributed by atoms with Gasteiger partial charge in [0, 0.05) is 43.2 Å². The maximum Gasteiger partial charge on any atom is 0.319 e. The number of aliphatic hydroxyl groups is 1. The van der Waals surface area contributed by atoms with E-state index in [9.17, 15) is 9.90 Å². The minimum Gasteiger partial charge on any atom is -0.396 e. The number of urea groups is 1. The van der Waals surface area contributed by atoms with Crippen LogP contribution in [0.4, 0.5) is 16.2 Å². The number of aliphatic hydroxyl groups excluding tert-OH is 1. The van der Waals surface area contributed by atoms with Crippen molar-refractivity contribution in [2.75, 3.05) is 29.9 Å². The maximum absolute atomic E-state index is 12.1. The second-order valence-corrected chi connectivity index (χ2v) is 6.81. The van der Waals surface area contributed by atoms with Crippen molar-refractivity contribution in [3.05, 3.63) is 59.7 Å². The highest BCUT2D eigenvalue weighted by Gasteiger charge is 2.18. The number of terminal acetylenes is 1. The molecule has 0 saturated carbocycles. The summed E-state index contributed by atoms with van der Waals surface area (Å²) in [6.45, 7) is 2.69. The van der Waals surface area contributed by atoms with Gasteiger partial charge in [-0.15, -0.1) is 6.42 Å². The van der Waals surface area contributed by atoms with E-state index in [1.54, 1.807) is 12.1 Å². The molecule has 140 valence electrons. The fourth-order valence-corrected chi connectivity index (χ4v) is 3.24. The van der Waals surface area contributed by atoms with Gasteiger partial charge in [0.2, 0.25) is 0 Å². The highest BCUT2D eigenvalue weighted by atomic mass is 16.3. The number of rotatable bonds is 5. The summed E-state index contributed by atoms with van der Waals surface area (Å²) in [6.07, 6.45) is 7.43. The molecule has 0 aromatic heterocycles. The average molecular weight is 363 g/mol. The second-order valence-electron chi connectivity index (χ2n) is 6.81. The lowest BCUT2D eigenvalue weighted by molar-refractivity contribution is 0.203. The van der Waals surface area contributed by atoms with Crippen LogP contribution in [0.2, 0.25) is 0 Å². The van der Waals surface area contributed by atoms with Crippen LogP contribution in [0.5, 0.6) is 0 Å². The number of anilines is 2. The topological polar surface area (TPSA) is 64.6 Å². The van der Waals surface area contributed by atoms with Gasteiger partial charge >= 0.3 is 6.03 Å². The number of hydrogen-bond acceptors (Lipinski definition) is 3. The van der Waals surface area contributed by atoms with Crippen LogP contribution in [0, 0.1) is 18.3 Å². The third kappa shape index (κ3) is 5.25. The Hall–Kier alpha value is -2.97. The summed E-state index contributed by atoms with van der Waals surface area (Å²) in [5.41, 5.74) is 3.62. The number of carbonyl (C=O) groups is 1. The van der Waals surface area contributed by atoms with Crippen molar-refractivity contribution < 1.29 is 9.90 Å². The third-order valence-electron chi connectivity index (χ3n) is 4.91. The zero-order valence-electron chi connectivity index (χ0n) is 15.3. The number of amides is 2. The molecule has 0 bridgehead atoms. The molecule has 0 aliphatic carbocycles. The highest BCUT2D eigenvalue weighted by Crippen LogP contribution is 2.23. The maximum atomic E-state index is 12.1. The number of hydrogen-bond donors (Lipinski definition) is 3. The van der Waals surface area contributed by atoms with Crippen molar-refractivity contribution >= 4 is 17.4 Å². The van der Waals surface area contributed by atoms with Crippen LogP contribution in [0.1, 0.15) is 24.0 Å². The van der Waals surface area contributed by atoms with E-state index in [-0.39, 0.29) is 12.6 Å². The summed E-state index contributed by atoms with van der Waals surface area (Å²) in [6, 6.07) is 15.2. The molecule has 1 aliphatic rings. The van der Waals surface area contributed by atoms with Gasteiger partial charge in [-0.1, -0.05) is 24.1 Å². The molecule has 1 aliphatic heterocycles. The molecule has 0 unspecified atom stereocenters. The van der Waals surface area contributed by atoms with Gasteiger partial charge in [0.1, 0.15) is 0 Å². The van der Waals surface area contributed by atoms with Crippen molar-refractivity contribution in [1.29, 1.82) is 0 Å². The summed E-state index contributed by atoms with van der Waals surface area (Å²) in [7, 11) is 0. The molecule has 1 heterocycles. The monoisotopic (exact) mass is 363 g/mol. The average Bonchev–Trinajstić information content (AvgIpc) is 2.73. The van der Waals surface area contributed by atoms with Gasteiger partial charge in [0.25, 0.3) is 0 Å². The minimum atomic E-state index is -0.265. The fourth-order valence-electron chi connectivity index (χ4n) is 3.24. The Kier molecular flexibility index (Phi) is 6.35. The smallest absolute Gasteiger partial charge is 0.319 e. The lowest BCUT2D eigenvalue weighted by Crippen LogP contribution is -2.34. The van der Waals surface area contributed by atoms with Gasteiger partial charge in [-0.05, 0) is 54.7 Å². The Labute approximate surface area is 160 Å². The van der Waals surface area contributed by atoms with E-state index in [0.717, 1.165) is 37.1 Å². The number of nitrogens with one attached hydrogen (secondary N) is 2. The summed E-state index contributed by atoms with van der Waals surface area (Å²) in [5, 5.41) is 14.9. The molecule has 5 nitrogen and oxygen atoms in total. The lowest BCUT2D eigenvalue weighted by atomic mass is 9.97. The van der Waals surface area contributed by atoms with Crippen LogP contribution < -0.4 is 15.5 Å². The van der Waals surface area contributed by atoms with Crippen LogP contribution in [0.25, 0.3) is 0 Å². The SMILES string of the molecule is C#Cc1cccc(NC(=O)NCc2ccc(N3CCC(CO)CC3)cc2)c1. The predicted octanol–water partition coefficient (Wildman–Crippen LogP) is 3.20. The second kappa shape index (κ2) is 9.11. The Bertz CT molecular complexity index is 803. The van der Waals surface area contributed by atoms with Gasteiger partial charge in [0.15, 0.2) is 0 Å². The van der Waals surface area contributed by atoms with Crippen LogP contribution in [-0.4, -0.2) is 30.8 Å². The van der Waals surface area contributed by atoms with E-state index in [0.29, 0.717) is 18.2 Å². The van der Waals surface area contributed by atoms with E-state index in [1.807, 2.05) is 24.3 Å². The van der Waals surface area contributed by atoms with E-state index >= 15 is 0 Å². The third-order valence-corrected chi connectivity index (χ3v) is 4.91. The number of carbonyl (C=O) groups excluding carboxylic acids is 1. The zero-order valence-corrected chi connectivity index (χ0v) is 15.3. The summed E-state index contributed by atoms with van der Waals surface area (Å²) >= 11 is 0. The van der Waals surface area contributed by atoms with Crippen LogP contribution in [0.3, 0.4) is 0 Å². The minimum absolute atomic E-state index is 0.265. The Balaban J connectivity index is 1.48. The molecule has 2 aromatic rings. The highest BCUT2D eigenvalue weighted by molar-refractivity contribution is 5.89. The summed E-state index contributed by atoms with van der Waals surface area (Å²) in [5.74, 6) is 2.98. The van der Waals surface area contributed by atoms with E-state index < -0.39 is 0 Å². The largest absolute Gasteiger partial charge is 0.396 e. The molecular formula is C22H25N3O2. The molecule has 1 saturated heterocycles. The van der Waals surface area contributed by atoms with Crippen molar-refractivity contribution in [3.63, 3.8) is 0 Å². The first-order valence-corrected chi connectivity index (χ1v) is 9.24. The fraction of sp³-hybridized carbons (Fsp3) is 0.318. The Morgan fingerprint density at radius 1 is 1.19 bits per heavy atom. The first-order valence-electron chi connectivity index (χ1n) is 9.24. The van der Waals surface area contributed by atoms with Crippen molar-refractivity contribution in [1.82, 2.24) is 5.32 Å². The number of nitrogens with zero attached hydrogens (tertiary/aromatic N) is 1. The molecule has 1 fully saturated rings. The number of benzene rings is 2. The lowest BCUT2D eigenvalue weighted by Gasteiger charge is -2.33. The zero-order chi connectivity index (χ0) is 19.1. The van der Waals surface area contributed by atoms with Gasteiger partial charge < -0.3 is 20.6 Å². The molecule has 0 atom stereocenters. The van der Waals surface area contributed by atoms with E-state index in [4.69, 9.17) is 6.42 Å². The van der Waals surface area contributed by atoms with Crippen molar-refractivity contribution in [2.45, 2.75) is 19.4 Å². The van der Waals surface area contributed by atoms with Crippen molar-refractivity contribution in [3.8, 4) is 12.3 Å². The van der Waals surface area contributed by atoms with Gasteiger partial charge in [0.05, 0.1) is 0 Å². The molecule has 3 N–H and O–H groups in total. The number of piperidine rings is 1. The van der Waals surface area contributed by atoms with Gasteiger partial charge in [-0.3, -0.25) is 0 Å². The molecule has 2 aromatic carbocycles. The van der Waals surface area contributed by atoms with Crippen LogP contribution in [-0.2, 0) is 6.54 Å². The van der Waals surface area contributed by atoms with Crippen molar-refractivity contribution in [2.24, 2.45) is 5.92 Å². The molecule has 2 amide bonds. The van der Waals surface area contributed by atoms with Crippen LogP contribution >= 0.6 is 0 Å². The quantitative estimate of drug-likeness (QED) is 0.715. The van der Waals surface area contributed by atoms with Crippen LogP contribution in [0.15, 0.2) is 48.5 Å². The first kappa shape index (κ1) is 18.8. The van der Waals surface area contributed by atoms with Gasteiger partial charge in [-0.2, -0.15) is 0 Å². The Morgan fingerprint density at radius 2 is 1.93 bits per heavy atom. The van der Waals surface area contributed by atoms with Gasteiger partial charge in [-0.25, -0.2) is 4.79 Å². The van der Waals surface area contributed by atoms with E-state index in [1.165, 1.54) is 5.69 Å². The van der Waals surface area contributed by atoms with E-state index in [2.05, 4.69) is 33.6 Å². The molecular weight excluding hydrogens is 338 g/mol. The Morgan fingerprint density at radius 3 is 2.59 bits per heavy atom. The summed E-state index contributed by atoms with van der Waals surface area (Å²) < 4.78 is 0. The molecule has 0 spiro atoms. The predicted molar refractivity (Wildman–Crippen MR) is 109 cm³/mol. The molecule has 0 radical (unpaired) electrons. The molecule has 3 rings (SSSR count).